The maximum Gasteiger partial charge on any atom is 0.184 e. The zero-order valence-electron chi connectivity index (χ0n) is 15.2. The molecule has 0 saturated carbocycles. The fourth-order valence-electron chi connectivity index (χ4n) is 2.94. The maximum atomic E-state index is 6.13. The van der Waals surface area contributed by atoms with Crippen LogP contribution in [0.3, 0.4) is 0 Å². The van der Waals surface area contributed by atoms with Gasteiger partial charge in [-0.15, -0.1) is 5.10 Å². The molecule has 0 atom stereocenters. The van der Waals surface area contributed by atoms with Gasteiger partial charge in [-0.05, 0) is 53.7 Å². The molecule has 0 aliphatic carbocycles. The number of aromatic nitrogens is 6. The molecule has 0 amide bonds. The van der Waals surface area contributed by atoms with Crippen LogP contribution in [0.25, 0.3) is 11.0 Å². The first-order chi connectivity index (χ1) is 14.4. The lowest BCUT2D eigenvalue weighted by Gasteiger charge is -2.18. The molecule has 7 nitrogen and oxygen atoms in total. The zero-order chi connectivity index (χ0) is 19.5. The average molecular weight is 398 g/mol. The molecule has 8 heteroatoms. The molecule has 0 saturated heterocycles. The molecule has 140 valence electrons. The van der Waals surface area contributed by atoms with E-state index in [-0.39, 0.29) is 0 Å². The summed E-state index contributed by atoms with van der Waals surface area (Å²) in [6, 6.07) is 23.1. The van der Waals surface area contributed by atoms with E-state index in [0.29, 0.717) is 5.75 Å². The normalized spacial score (nSPS) is 11.1. The van der Waals surface area contributed by atoms with Crippen molar-refractivity contribution in [2.24, 2.45) is 0 Å². The molecule has 5 rings (SSSR count). The molecular weight excluding hydrogens is 383 g/mol. The Morgan fingerprint density at radius 2 is 1.38 bits per heavy atom. The number of benzene rings is 1. The van der Waals surface area contributed by atoms with Gasteiger partial charge in [0.05, 0.1) is 18.8 Å². The van der Waals surface area contributed by atoms with Gasteiger partial charge in [0, 0.05) is 18.6 Å². The monoisotopic (exact) mass is 398 g/mol. The first-order valence-corrected chi connectivity index (χ1v) is 10.3. The van der Waals surface area contributed by atoms with Gasteiger partial charge in [0.1, 0.15) is 16.5 Å². The summed E-state index contributed by atoms with van der Waals surface area (Å²) in [4.78, 5) is 21.4. The third kappa shape index (κ3) is 3.44. The van der Waals surface area contributed by atoms with Crippen LogP contribution < -0.4 is 21.1 Å². The molecule has 4 aromatic heterocycles. The molecule has 0 spiro atoms. The average Bonchev–Trinajstić information content (AvgIpc) is 3.20. The largest absolute Gasteiger partial charge is 0.354 e. The summed E-state index contributed by atoms with van der Waals surface area (Å²) < 4.78 is 0. The zero-order valence-corrected chi connectivity index (χ0v) is 16.1. The molecule has 5 aromatic rings. The van der Waals surface area contributed by atoms with Crippen molar-refractivity contribution >= 4 is 35.3 Å². The molecular formula is C21H15N6OP. The third-order valence-corrected chi connectivity index (χ3v) is 6.43. The Labute approximate surface area is 167 Å². The van der Waals surface area contributed by atoms with Crippen LogP contribution in [-0.4, -0.2) is 30.1 Å². The summed E-state index contributed by atoms with van der Waals surface area (Å²) in [6.45, 7) is 0. The van der Waals surface area contributed by atoms with Gasteiger partial charge in [-0.2, -0.15) is 0 Å². The predicted octanol–water partition coefficient (Wildman–Crippen LogP) is 2.22. The number of pyridine rings is 3. The Bertz CT molecular complexity index is 1210. The minimum atomic E-state index is -1.11. The van der Waals surface area contributed by atoms with E-state index in [2.05, 4.69) is 25.3 Å². The molecule has 0 N–H and O–H groups in total. The number of hydrogen-bond donors (Lipinski definition) is 0. The molecule has 1 aromatic carbocycles. The smallest absolute Gasteiger partial charge is 0.184 e. The fourth-order valence-corrected chi connectivity index (χ4v) is 4.96. The Morgan fingerprint density at radius 3 is 2.10 bits per heavy atom. The molecule has 0 radical (unpaired) electrons. The van der Waals surface area contributed by atoms with Crippen molar-refractivity contribution in [3.05, 3.63) is 91.4 Å². The highest BCUT2D eigenvalue weighted by Crippen LogP contribution is 2.33. The van der Waals surface area contributed by atoms with E-state index < -0.39 is 7.92 Å². The van der Waals surface area contributed by atoms with Crippen LogP contribution in [0.2, 0.25) is 0 Å². The van der Waals surface area contributed by atoms with E-state index in [4.69, 9.17) is 4.84 Å². The summed E-state index contributed by atoms with van der Waals surface area (Å²) in [5, 5.41) is 8.28. The number of rotatable bonds is 5. The first kappa shape index (κ1) is 17.4. The summed E-state index contributed by atoms with van der Waals surface area (Å²) in [7, 11) is -1.11. The lowest BCUT2D eigenvalue weighted by Crippen LogP contribution is -2.28. The van der Waals surface area contributed by atoms with E-state index in [0.717, 1.165) is 27.3 Å². The minimum absolute atomic E-state index is 0.588. The molecule has 0 aliphatic rings. The van der Waals surface area contributed by atoms with Gasteiger partial charge < -0.3 is 4.84 Å². The van der Waals surface area contributed by atoms with Crippen LogP contribution in [-0.2, 0) is 0 Å². The van der Waals surface area contributed by atoms with Crippen molar-refractivity contribution in [1.82, 2.24) is 30.1 Å². The Hall–Kier alpha value is -3.70. The maximum absolute atomic E-state index is 6.13. The second-order valence-electron chi connectivity index (χ2n) is 6.08. The van der Waals surface area contributed by atoms with E-state index in [1.54, 1.807) is 18.6 Å². The highest BCUT2D eigenvalue weighted by Gasteiger charge is 2.25. The predicted molar refractivity (Wildman–Crippen MR) is 112 cm³/mol. The van der Waals surface area contributed by atoms with Crippen LogP contribution in [0.15, 0.2) is 91.4 Å². The van der Waals surface area contributed by atoms with Crippen molar-refractivity contribution in [3.8, 4) is 5.75 Å². The van der Waals surface area contributed by atoms with Crippen LogP contribution in [0.5, 0.6) is 5.75 Å². The highest BCUT2D eigenvalue weighted by molar-refractivity contribution is 7.79. The van der Waals surface area contributed by atoms with Crippen molar-refractivity contribution < 1.29 is 4.84 Å². The number of hydrogen-bond acceptors (Lipinski definition) is 6. The second-order valence-corrected chi connectivity index (χ2v) is 8.09. The van der Waals surface area contributed by atoms with Crippen LogP contribution in [0.4, 0.5) is 0 Å². The van der Waals surface area contributed by atoms with Crippen LogP contribution in [0.1, 0.15) is 0 Å². The van der Waals surface area contributed by atoms with Crippen molar-refractivity contribution in [1.29, 1.82) is 0 Å². The Morgan fingerprint density at radius 1 is 0.690 bits per heavy atom. The van der Waals surface area contributed by atoms with Crippen molar-refractivity contribution in [3.63, 3.8) is 0 Å². The lowest BCUT2D eigenvalue weighted by molar-refractivity contribution is 0.185. The number of nitrogens with zero attached hydrogens (tertiary/aromatic N) is 6. The van der Waals surface area contributed by atoms with Gasteiger partial charge in [0.15, 0.2) is 5.75 Å². The SMILES string of the molecule is c1ccc(P(c2ccccn2)c2ncccc2On2nnc3ccccc32)nc1. The molecule has 4 heterocycles. The molecule has 0 fully saturated rings. The van der Waals surface area contributed by atoms with Gasteiger partial charge >= 0.3 is 0 Å². The Balaban J connectivity index is 1.63. The topological polar surface area (TPSA) is 78.6 Å². The van der Waals surface area contributed by atoms with Crippen molar-refractivity contribution in [2.75, 3.05) is 0 Å². The summed E-state index contributed by atoms with van der Waals surface area (Å²) in [5.74, 6) is 0.588. The molecule has 0 aliphatic heterocycles. The van der Waals surface area contributed by atoms with E-state index in [1.165, 1.54) is 4.85 Å². The Kier molecular flexibility index (Phi) is 4.64. The highest BCUT2D eigenvalue weighted by atomic mass is 31.1. The van der Waals surface area contributed by atoms with E-state index in [1.807, 2.05) is 72.8 Å². The second kappa shape index (κ2) is 7.73. The van der Waals surface area contributed by atoms with Gasteiger partial charge in [0.2, 0.25) is 0 Å². The summed E-state index contributed by atoms with van der Waals surface area (Å²) >= 11 is 0. The van der Waals surface area contributed by atoms with E-state index in [9.17, 15) is 0 Å². The standard InChI is InChI=1S/C21H15N6OP/c1-2-9-17-16(8-1)25-26-27(17)28-18-10-7-15-24-21(18)29(19-11-3-5-13-22-19)20-12-4-6-14-23-20/h1-15H. The number of para-hydroxylation sites is 1. The van der Waals surface area contributed by atoms with Crippen molar-refractivity contribution in [2.45, 2.75) is 0 Å². The minimum Gasteiger partial charge on any atom is -0.354 e. The van der Waals surface area contributed by atoms with Gasteiger partial charge in [-0.25, -0.2) is 0 Å². The van der Waals surface area contributed by atoms with Gasteiger partial charge in [-0.3, -0.25) is 15.0 Å². The van der Waals surface area contributed by atoms with Crippen LogP contribution in [0, 0.1) is 0 Å². The fraction of sp³-hybridized carbons (Fsp3) is 0. The third-order valence-electron chi connectivity index (χ3n) is 4.23. The first-order valence-electron chi connectivity index (χ1n) is 8.96. The van der Waals surface area contributed by atoms with Gasteiger partial charge in [0.25, 0.3) is 0 Å². The summed E-state index contributed by atoms with van der Waals surface area (Å²) in [6.07, 6.45) is 5.31. The number of fused-ring (bicyclic) bond motifs is 1. The van der Waals surface area contributed by atoms with Gasteiger partial charge in [-0.1, -0.05) is 29.1 Å². The quantitative estimate of drug-likeness (QED) is 0.423. The van der Waals surface area contributed by atoms with Crippen LogP contribution >= 0.6 is 7.92 Å². The molecule has 0 unspecified atom stereocenters. The molecule has 29 heavy (non-hydrogen) atoms. The summed E-state index contributed by atoms with van der Waals surface area (Å²) in [5.41, 5.74) is 4.10. The molecule has 0 bridgehead atoms. The van der Waals surface area contributed by atoms with E-state index >= 15 is 0 Å². The lowest BCUT2D eigenvalue weighted by atomic mass is 10.3.